The van der Waals surface area contributed by atoms with E-state index in [2.05, 4.69) is 183 Å². The Labute approximate surface area is 280 Å². The Kier molecular flexibility index (Phi) is 6.41. The summed E-state index contributed by atoms with van der Waals surface area (Å²) >= 11 is 1.88. The van der Waals surface area contributed by atoms with Crippen molar-refractivity contribution in [2.24, 2.45) is 0 Å². The Hall–Kier alpha value is -5.44. The monoisotopic (exact) mass is 619 g/mol. The van der Waals surface area contributed by atoms with Crippen molar-refractivity contribution >= 4 is 48.6 Å². The molecular weight excluding hydrogens is 587 g/mol. The fraction of sp³-hybridized carbons (Fsp3) is 0.0667. The van der Waals surface area contributed by atoms with Crippen molar-refractivity contribution in [3.05, 3.63) is 175 Å². The van der Waals surface area contributed by atoms with Crippen LogP contribution in [0.2, 0.25) is 0 Å². The lowest BCUT2D eigenvalue weighted by molar-refractivity contribution is 0.660. The molecule has 1 aromatic heterocycles. The third kappa shape index (κ3) is 4.44. The average molecular weight is 620 g/mol. The first-order valence-corrected chi connectivity index (χ1v) is 17.1. The molecule has 47 heavy (non-hydrogen) atoms. The molecule has 1 aliphatic rings. The van der Waals surface area contributed by atoms with Crippen molar-refractivity contribution in [2.45, 2.75) is 19.3 Å². The molecule has 0 spiro atoms. The number of nitrogens with zero attached hydrogens (tertiary/aromatic N) is 1. The Morgan fingerprint density at radius 3 is 1.89 bits per heavy atom. The van der Waals surface area contributed by atoms with Crippen LogP contribution in [0.5, 0.6) is 0 Å². The van der Waals surface area contributed by atoms with Crippen molar-refractivity contribution in [3.8, 4) is 33.4 Å². The van der Waals surface area contributed by atoms with Gasteiger partial charge in [0.2, 0.25) is 0 Å². The van der Waals surface area contributed by atoms with Gasteiger partial charge in [-0.3, -0.25) is 0 Å². The largest absolute Gasteiger partial charge is 0.308 e. The minimum Gasteiger partial charge on any atom is -0.308 e. The number of rotatable bonds is 5. The maximum absolute atomic E-state index is 2.52. The minimum atomic E-state index is -0.106. The van der Waals surface area contributed by atoms with Gasteiger partial charge >= 0.3 is 0 Å². The first-order valence-electron chi connectivity index (χ1n) is 16.3. The fourth-order valence-electron chi connectivity index (χ4n) is 7.54. The van der Waals surface area contributed by atoms with Gasteiger partial charge in [0.05, 0.1) is 16.1 Å². The Morgan fingerprint density at radius 1 is 0.447 bits per heavy atom. The second kappa shape index (κ2) is 10.8. The smallest absolute Gasteiger partial charge is 0.0646 e. The molecule has 0 saturated carbocycles. The lowest BCUT2D eigenvalue weighted by Crippen LogP contribution is -2.17. The van der Waals surface area contributed by atoms with Crippen LogP contribution in [0, 0.1) is 0 Å². The molecule has 0 atom stereocenters. The highest BCUT2D eigenvalue weighted by Gasteiger charge is 2.36. The molecule has 0 radical (unpaired) electrons. The summed E-state index contributed by atoms with van der Waals surface area (Å²) in [4.78, 5) is 2.52. The summed E-state index contributed by atoms with van der Waals surface area (Å²) in [6, 6.07) is 60.1. The van der Waals surface area contributed by atoms with E-state index >= 15 is 0 Å². The predicted molar refractivity (Wildman–Crippen MR) is 202 cm³/mol. The summed E-state index contributed by atoms with van der Waals surface area (Å²) < 4.78 is 2.59. The molecule has 0 N–H and O–H groups in total. The Balaban J connectivity index is 1.37. The topological polar surface area (TPSA) is 3.24 Å². The molecule has 9 rings (SSSR count). The van der Waals surface area contributed by atoms with Gasteiger partial charge in [0.1, 0.15) is 0 Å². The number of benzene rings is 7. The minimum absolute atomic E-state index is 0.106. The van der Waals surface area contributed by atoms with Crippen LogP contribution in [0.15, 0.2) is 164 Å². The maximum Gasteiger partial charge on any atom is 0.0646 e. The quantitative estimate of drug-likeness (QED) is 0.185. The van der Waals surface area contributed by atoms with Gasteiger partial charge in [0.15, 0.2) is 0 Å². The molecule has 1 aliphatic carbocycles. The van der Waals surface area contributed by atoms with E-state index in [-0.39, 0.29) is 5.41 Å². The number of para-hydroxylation sites is 1. The van der Waals surface area contributed by atoms with Crippen molar-refractivity contribution in [1.29, 1.82) is 0 Å². The van der Waals surface area contributed by atoms with Crippen LogP contribution >= 0.6 is 11.3 Å². The van der Waals surface area contributed by atoms with Crippen molar-refractivity contribution in [3.63, 3.8) is 0 Å². The molecule has 224 valence electrons. The number of fused-ring (bicyclic) bond motifs is 6. The molecule has 0 saturated heterocycles. The van der Waals surface area contributed by atoms with Crippen LogP contribution in [0.25, 0.3) is 53.6 Å². The van der Waals surface area contributed by atoms with Crippen LogP contribution in [0.3, 0.4) is 0 Å². The van der Waals surface area contributed by atoms with Crippen LogP contribution < -0.4 is 4.90 Å². The maximum atomic E-state index is 2.52. The zero-order chi connectivity index (χ0) is 31.5. The second-order valence-electron chi connectivity index (χ2n) is 13.0. The molecule has 0 unspecified atom stereocenters. The van der Waals surface area contributed by atoms with E-state index < -0.39 is 0 Å². The van der Waals surface area contributed by atoms with Crippen molar-refractivity contribution in [1.82, 2.24) is 0 Å². The zero-order valence-electron chi connectivity index (χ0n) is 26.4. The van der Waals surface area contributed by atoms with Crippen molar-refractivity contribution < 1.29 is 0 Å². The summed E-state index contributed by atoms with van der Waals surface area (Å²) in [5.41, 5.74) is 13.7. The third-order valence-corrected chi connectivity index (χ3v) is 11.1. The molecule has 0 amide bonds. The number of hydrogen-bond donors (Lipinski definition) is 0. The first-order chi connectivity index (χ1) is 23.1. The van der Waals surface area contributed by atoms with E-state index in [9.17, 15) is 0 Å². The summed E-state index contributed by atoms with van der Waals surface area (Å²) in [5.74, 6) is 0. The summed E-state index contributed by atoms with van der Waals surface area (Å²) in [5, 5.41) is 2.59. The molecule has 8 aromatic rings. The van der Waals surface area contributed by atoms with E-state index in [1.54, 1.807) is 0 Å². The van der Waals surface area contributed by atoms with Crippen LogP contribution in [-0.4, -0.2) is 0 Å². The van der Waals surface area contributed by atoms with E-state index in [0.29, 0.717) is 0 Å². The van der Waals surface area contributed by atoms with Gasteiger partial charge in [-0.05, 0) is 75.3 Å². The molecule has 1 heterocycles. The molecule has 0 aliphatic heterocycles. The zero-order valence-corrected chi connectivity index (χ0v) is 27.3. The predicted octanol–water partition coefficient (Wildman–Crippen LogP) is 13.2. The highest BCUT2D eigenvalue weighted by atomic mass is 32.1. The van der Waals surface area contributed by atoms with Gasteiger partial charge in [-0.2, -0.15) is 0 Å². The summed E-state index contributed by atoms with van der Waals surface area (Å²) in [7, 11) is 0. The fourth-order valence-corrected chi connectivity index (χ4v) is 8.73. The van der Waals surface area contributed by atoms with Gasteiger partial charge in [0, 0.05) is 32.1 Å². The molecule has 7 aromatic carbocycles. The number of anilines is 3. The molecule has 0 bridgehead atoms. The average Bonchev–Trinajstić information content (AvgIpc) is 3.61. The molecule has 1 nitrogen and oxygen atoms in total. The Morgan fingerprint density at radius 2 is 1.09 bits per heavy atom. The van der Waals surface area contributed by atoms with E-state index in [1.807, 2.05) is 11.3 Å². The Bertz CT molecular complexity index is 2440. The number of thiophene rings is 1. The van der Waals surface area contributed by atoms with Crippen LogP contribution in [0.1, 0.15) is 25.0 Å². The lowest BCUT2D eigenvalue weighted by atomic mass is 9.82. The van der Waals surface area contributed by atoms with Gasteiger partial charge in [-0.1, -0.05) is 141 Å². The lowest BCUT2D eigenvalue weighted by Gasteiger charge is -2.30. The summed E-state index contributed by atoms with van der Waals surface area (Å²) in [6.45, 7) is 4.73. The SMILES string of the molecule is CC1(C)c2ccccc2-c2ccc(N(c3ccccc3-c3ccccc3)c3cc(-c4ccccc4)cc4c3sc3ccccc34)cc21. The second-order valence-corrected chi connectivity index (χ2v) is 14.0. The highest BCUT2D eigenvalue weighted by Crippen LogP contribution is 2.53. The summed E-state index contributed by atoms with van der Waals surface area (Å²) in [6.07, 6.45) is 0. The first kappa shape index (κ1) is 27.8. The van der Waals surface area contributed by atoms with Crippen LogP contribution in [0.4, 0.5) is 17.1 Å². The van der Waals surface area contributed by atoms with Gasteiger partial charge in [-0.15, -0.1) is 11.3 Å². The highest BCUT2D eigenvalue weighted by molar-refractivity contribution is 7.26. The molecular formula is C45H33NS. The van der Waals surface area contributed by atoms with Crippen LogP contribution in [-0.2, 0) is 5.41 Å². The van der Waals surface area contributed by atoms with E-state index in [4.69, 9.17) is 0 Å². The van der Waals surface area contributed by atoms with Gasteiger partial charge < -0.3 is 4.90 Å². The third-order valence-electron chi connectivity index (χ3n) is 9.86. The van der Waals surface area contributed by atoms with Gasteiger partial charge in [0.25, 0.3) is 0 Å². The standard InChI is InChI=1S/C45H33NS/c1-45(2)39-22-12-9-20-35(39)36-26-25-33(29-40(36)45)46(41-23-13-10-19-34(41)31-17-7-4-8-18-31)42-28-32(30-15-5-3-6-16-30)27-38-37-21-11-14-24-43(37)47-44(38)42/h3-29H,1-2H3. The molecule has 2 heteroatoms. The van der Waals surface area contributed by atoms with E-state index in [1.165, 1.54) is 70.4 Å². The normalized spacial score (nSPS) is 13.1. The molecule has 0 fully saturated rings. The number of hydrogen-bond acceptors (Lipinski definition) is 2. The van der Waals surface area contributed by atoms with Crippen molar-refractivity contribution in [2.75, 3.05) is 4.90 Å². The van der Waals surface area contributed by atoms with Gasteiger partial charge in [-0.25, -0.2) is 0 Å². The van der Waals surface area contributed by atoms with E-state index in [0.717, 1.165) is 11.4 Å².